The van der Waals surface area contributed by atoms with Crippen LogP contribution in [-0.2, 0) is 6.42 Å². The second kappa shape index (κ2) is 5.44. The van der Waals surface area contributed by atoms with Crippen LogP contribution in [0.2, 0.25) is 0 Å². The number of hydrazone groups is 1. The van der Waals surface area contributed by atoms with E-state index in [1.165, 1.54) is 28.8 Å². The Morgan fingerprint density at radius 2 is 2.05 bits per heavy atom. The van der Waals surface area contributed by atoms with Crippen LogP contribution in [0.15, 0.2) is 47.8 Å². The normalized spacial score (nSPS) is 22.9. The van der Waals surface area contributed by atoms with Crippen LogP contribution in [0.25, 0.3) is 0 Å². The van der Waals surface area contributed by atoms with Gasteiger partial charge in [0.1, 0.15) is 5.75 Å². The van der Waals surface area contributed by atoms with Crippen LogP contribution in [0.3, 0.4) is 0 Å². The quantitative estimate of drug-likeness (QED) is 0.925. The number of nitrogens with zero attached hydrogens (tertiary/aromatic N) is 2. The molecule has 0 radical (unpaired) electrons. The van der Waals surface area contributed by atoms with E-state index < -0.39 is 0 Å². The zero-order chi connectivity index (χ0) is 14.9. The molecule has 1 aliphatic heterocycles. The highest BCUT2D eigenvalue weighted by molar-refractivity contribution is 6.05. The third kappa shape index (κ3) is 2.15. The Bertz CT molecular complexity index is 712. The van der Waals surface area contributed by atoms with Gasteiger partial charge in [-0.2, -0.15) is 5.10 Å². The molecule has 1 aliphatic carbocycles. The first-order chi connectivity index (χ1) is 10.9. The van der Waals surface area contributed by atoms with Crippen molar-refractivity contribution in [2.24, 2.45) is 11.0 Å². The molecule has 2 unspecified atom stereocenters. The van der Waals surface area contributed by atoms with Crippen molar-refractivity contribution < 1.29 is 4.74 Å². The highest BCUT2D eigenvalue weighted by Crippen LogP contribution is 2.38. The molecule has 1 aromatic carbocycles. The van der Waals surface area contributed by atoms with Gasteiger partial charge in [-0.05, 0) is 54.7 Å². The van der Waals surface area contributed by atoms with Gasteiger partial charge >= 0.3 is 0 Å². The molecule has 2 aromatic rings. The van der Waals surface area contributed by atoms with Gasteiger partial charge < -0.3 is 10.2 Å². The molecule has 0 spiro atoms. The van der Waals surface area contributed by atoms with E-state index in [0.717, 1.165) is 18.6 Å². The molecule has 0 amide bonds. The first-order valence-corrected chi connectivity index (χ1v) is 7.77. The summed E-state index contributed by atoms with van der Waals surface area (Å²) in [4.78, 5) is 4.12. The zero-order valence-electron chi connectivity index (χ0n) is 12.6. The predicted octanol–water partition coefficient (Wildman–Crippen LogP) is 3.09. The van der Waals surface area contributed by atoms with E-state index in [1.807, 2.05) is 18.5 Å². The molecule has 1 aromatic heterocycles. The molecule has 0 saturated carbocycles. The number of nitrogens with one attached hydrogen (secondary N) is 1. The van der Waals surface area contributed by atoms with Gasteiger partial charge in [-0.25, -0.2) is 0 Å². The molecular formula is C18H19N3O. The monoisotopic (exact) mass is 293 g/mol. The molecule has 1 N–H and O–H groups in total. The number of aryl methyl sites for hydroxylation is 1. The van der Waals surface area contributed by atoms with Crippen LogP contribution in [0.1, 0.15) is 35.6 Å². The summed E-state index contributed by atoms with van der Waals surface area (Å²) in [5.74, 6) is 1.31. The van der Waals surface area contributed by atoms with E-state index in [9.17, 15) is 0 Å². The number of fused-ring (bicyclic) bond motifs is 3. The summed E-state index contributed by atoms with van der Waals surface area (Å²) >= 11 is 0. The van der Waals surface area contributed by atoms with Crippen molar-refractivity contribution in [2.45, 2.75) is 25.3 Å². The van der Waals surface area contributed by atoms with Gasteiger partial charge in [0.25, 0.3) is 0 Å². The van der Waals surface area contributed by atoms with Crippen LogP contribution >= 0.6 is 0 Å². The lowest BCUT2D eigenvalue weighted by molar-refractivity contribution is 0.414. The number of pyridine rings is 1. The molecule has 2 atom stereocenters. The molecule has 0 bridgehead atoms. The first kappa shape index (κ1) is 13.3. The average Bonchev–Trinajstić information content (AvgIpc) is 2.91. The fourth-order valence-electron chi connectivity index (χ4n) is 3.56. The van der Waals surface area contributed by atoms with Crippen LogP contribution < -0.4 is 10.2 Å². The fourth-order valence-corrected chi connectivity index (χ4v) is 3.56. The molecule has 4 rings (SSSR count). The average molecular weight is 293 g/mol. The van der Waals surface area contributed by atoms with E-state index >= 15 is 0 Å². The molecule has 4 nitrogen and oxygen atoms in total. The van der Waals surface area contributed by atoms with Crippen molar-refractivity contribution >= 4 is 5.71 Å². The van der Waals surface area contributed by atoms with Gasteiger partial charge in [0.05, 0.1) is 18.9 Å². The predicted molar refractivity (Wildman–Crippen MR) is 86.1 cm³/mol. The van der Waals surface area contributed by atoms with E-state index in [-0.39, 0.29) is 6.04 Å². The summed E-state index contributed by atoms with van der Waals surface area (Å²) in [7, 11) is 1.71. The van der Waals surface area contributed by atoms with E-state index in [4.69, 9.17) is 4.74 Å². The molecular weight excluding hydrogens is 274 g/mol. The summed E-state index contributed by atoms with van der Waals surface area (Å²) in [5, 5.41) is 4.68. The summed E-state index contributed by atoms with van der Waals surface area (Å²) in [5.41, 5.74) is 8.39. The minimum atomic E-state index is 0.246. The van der Waals surface area contributed by atoms with Crippen molar-refractivity contribution in [3.63, 3.8) is 0 Å². The Labute approximate surface area is 130 Å². The lowest BCUT2D eigenvalue weighted by Crippen LogP contribution is -2.21. The summed E-state index contributed by atoms with van der Waals surface area (Å²) in [6.45, 7) is 0. The van der Waals surface area contributed by atoms with Crippen molar-refractivity contribution in [1.29, 1.82) is 0 Å². The van der Waals surface area contributed by atoms with E-state index in [1.54, 1.807) is 7.11 Å². The molecule has 2 aliphatic rings. The third-order valence-electron chi connectivity index (χ3n) is 4.70. The molecule has 0 fully saturated rings. The Kier molecular flexibility index (Phi) is 3.29. The van der Waals surface area contributed by atoms with Gasteiger partial charge in [0.15, 0.2) is 0 Å². The van der Waals surface area contributed by atoms with Gasteiger partial charge in [0, 0.05) is 23.9 Å². The zero-order valence-corrected chi connectivity index (χ0v) is 12.6. The highest BCUT2D eigenvalue weighted by Gasteiger charge is 2.35. The van der Waals surface area contributed by atoms with Gasteiger partial charge in [-0.3, -0.25) is 4.98 Å². The maximum Gasteiger partial charge on any atom is 0.119 e. The highest BCUT2D eigenvalue weighted by atomic mass is 16.5. The second-order valence-corrected chi connectivity index (χ2v) is 5.91. The number of aromatic nitrogens is 1. The smallest absolute Gasteiger partial charge is 0.119 e. The lowest BCUT2D eigenvalue weighted by atomic mass is 9.86. The number of hydrogen-bond donors (Lipinski definition) is 1. The van der Waals surface area contributed by atoms with Gasteiger partial charge in [-0.1, -0.05) is 6.07 Å². The minimum absolute atomic E-state index is 0.246. The molecule has 112 valence electrons. The molecule has 4 heteroatoms. The van der Waals surface area contributed by atoms with Crippen LogP contribution in [0.5, 0.6) is 5.75 Å². The van der Waals surface area contributed by atoms with E-state index in [2.05, 4.69) is 39.8 Å². The van der Waals surface area contributed by atoms with Crippen molar-refractivity contribution in [2.75, 3.05) is 7.11 Å². The van der Waals surface area contributed by atoms with E-state index in [0.29, 0.717) is 5.92 Å². The van der Waals surface area contributed by atoms with Crippen LogP contribution in [-0.4, -0.2) is 17.8 Å². The first-order valence-electron chi connectivity index (χ1n) is 7.77. The van der Waals surface area contributed by atoms with Gasteiger partial charge in [0.2, 0.25) is 0 Å². The van der Waals surface area contributed by atoms with Gasteiger partial charge in [-0.15, -0.1) is 0 Å². The summed E-state index contributed by atoms with van der Waals surface area (Å²) < 4.78 is 5.40. The molecule has 0 saturated heterocycles. The minimum Gasteiger partial charge on any atom is -0.497 e. The maximum atomic E-state index is 5.40. The van der Waals surface area contributed by atoms with Crippen LogP contribution in [0.4, 0.5) is 0 Å². The standard InChI is InChI=1S/C18H19N3O/c1-22-14-6-5-12-3-2-4-15-17(13-7-9-19-10-8-13)20-21-18(15)16(12)11-14/h5-11,15,17,20H,2-4H2,1H3. The Hall–Kier alpha value is -2.36. The molecule has 22 heavy (non-hydrogen) atoms. The Morgan fingerprint density at radius 1 is 1.18 bits per heavy atom. The topological polar surface area (TPSA) is 46.5 Å². The lowest BCUT2D eigenvalue weighted by Gasteiger charge is -2.19. The number of hydrogen-bond acceptors (Lipinski definition) is 4. The summed E-state index contributed by atoms with van der Waals surface area (Å²) in [6.07, 6.45) is 7.14. The largest absolute Gasteiger partial charge is 0.497 e. The number of methoxy groups -OCH3 is 1. The summed E-state index contributed by atoms with van der Waals surface area (Å²) in [6, 6.07) is 10.8. The Morgan fingerprint density at radius 3 is 2.86 bits per heavy atom. The SMILES string of the molecule is COc1ccc2c(c1)C1=NNC(c3ccncc3)C1CCC2. The van der Waals surface area contributed by atoms with Crippen molar-refractivity contribution in [1.82, 2.24) is 10.4 Å². The number of rotatable bonds is 2. The van der Waals surface area contributed by atoms with Crippen molar-refractivity contribution in [3.8, 4) is 5.75 Å². The molecule has 2 heterocycles. The maximum absolute atomic E-state index is 5.40. The third-order valence-corrected chi connectivity index (χ3v) is 4.70. The number of ether oxygens (including phenoxy) is 1. The van der Waals surface area contributed by atoms with Crippen molar-refractivity contribution in [3.05, 3.63) is 59.4 Å². The fraction of sp³-hybridized carbons (Fsp3) is 0.333. The van der Waals surface area contributed by atoms with Crippen LogP contribution in [0, 0.1) is 5.92 Å². The number of benzene rings is 1. The second-order valence-electron chi connectivity index (χ2n) is 5.91. The Balaban J connectivity index is 1.73.